The molecule has 0 spiro atoms. The molecule has 0 aliphatic heterocycles. The Labute approximate surface area is 214 Å². The fourth-order valence-electron chi connectivity index (χ4n) is 3.28. The van der Waals surface area contributed by atoms with E-state index >= 15 is 0 Å². The molecule has 0 unspecified atom stereocenters. The van der Waals surface area contributed by atoms with Crippen LogP contribution < -0.4 is 20.1 Å². The number of aromatic nitrogens is 3. The van der Waals surface area contributed by atoms with Gasteiger partial charge in [0.25, 0.3) is 0 Å². The molecule has 0 atom stereocenters. The summed E-state index contributed by atoms with van der Waals surface area (Å²) in [5.41, 5.74) is 0.558. The van der Waals surface area contributed by atoms with E-state index in [1.165, 1.54) is 37.7 Å². The molecule has 0 aliphatic rings. The number of nitrogens with zero attached hydrogens (tertiary/aromatic N) is 3. The average molecular weight is 532 g/mol. The van der Waals surface area contributed by atoms with Gasteiger partial charge in [-0.1, -0.05) is 29.8 Å². The Hall–Kier alpha value is -3.60. The molecule has 3 heterocycles. The summed E-state index contributed by atoms with van der Waals surface area (Å²) >= 11 is 14.0. The molecule has 12 heteroatoms. The summed E-state index contributed by atoms with van der Waals surface area (Å²) in [6.45, 7) is 3.45. The number of halogens is 2. The maximum absolute atomic E-state index is 13.4. The fourth-order valence-corrected chi connectivity index (χ4v) is 4.93. The first-order chi connectivity index (χ1) is 16.7. The Kier molecular flexibility index (Phi) is 6.97. The highest BCUT2D eigenvalue weighted by atomic mass is 35.5. The molecule has 0 saturated carbocycles. The topological polar surface area (TPSA) is 107 Å². The molecule has 180 valence electrons. The van der Waals surface area contributed by atoms with Crippen LogP contribution in [0.1, 0.15) is 15.2 Å². The molecule has 9 nitrogen and oxygen atoms in total. The van der Waals surface area contributed by atoms with Crippen LogP contribution in [0.5, 0.6) is 11.5 Å². The number of carbonyl (C=O) groups is 2. The van der Waals surface area contributed by atoms with Crippen LogP contribution in [0.25, 0.3) is 10.2 Å². The number of hydrogen-bond donors (Lipinski definition) is 2. The zero-order chi connectivity index (χ0) is 25.3. The summed E-state index contributed by atoms with van der Waals surface area (Å²) in [5.74, 6) is 0.689. The highest BCUT2D eigenvalue weighted by Gasteiger charge is 2.25. The van der Waals surface area contributed by atoms with Crippen molar-refractivity contribution in [2.45, 2.75) is 0 Å². The first-order valence-electron chi connectivity index (χ1n) is 10.0. The summed E-state index contributed by atoms with van der Waals surface area (Å²) in [6, 6.07) is 6.80. The monoisotopic (exact) mass is 531 g/mol. The molecular weight excluding hydrogens is 513 g/mol. The van der Waals surface area contributed by atoms with Crippen molar-refractivity contribution >= 4 is 73.8 Å². The minimum atomic E-state index is -0.381. The summed E-state index contributed by atoms with van der Waals surface area (Å²) in [4.78, 5) is 30.7. The highest BCUT2D eigenvalue weighted by molar-refractivity contribution is 7.20. The summed E-state index contributed by atoms with van der Waals surface area (Å²) < 4.78 is 12.1. The number of rotatable bonds is 8. The van der Waals surface area contributed by atoms with E-state index in [9.17, 15) is 9.59 Å². The van der Waals surface area contributed by atoms with Crippen molar-refractivity contribution in [1.82, 2.24) is 14.8 Å². The number of amides is 1. The highest BCUT2D eigenvalue weighted by Crippen LogP contribution is 2.42. The zero-order valence-corrected chi connectivity index (χ0v) is 21.1. The summed E-state index contributed by atoms with van der Waals surface area (Å²) in [6.07, 6.45) is 2.82. The van der Waals surface area contributed by atoms with Crippen molar-refractivity contribution in [2.75, 3.05) is 24.9 Å². The molecule has 2 N–H and O–H groups in total. The Morgan fingerprint density at radius 1 is 1.14 bits per heavy atom. The van der Waals surface area contributed by atoms with Gasteiger partial charge in [-0.25, -0.2) is 4.98 Å². The van der Waals surface area contributed by atoms with Gasteiger partial charge >= 0.3 is 0 Å². The summed E-state index contributed by atoms with van der Waals surface area (Å²) in [5, 5.41) is 11.0. The minimum Gasteiger partial charge on any atom is -0.495 e. The number of fused-ring (bicyclic) bond motifs is 1. The van der Waals surface area contributed by atoms with Crippen LogP contribution in [0.2, 0.25) is 10.0 Å². The quantitative estimate of drug-likeness (QED) is 0.230. The molecule has 4 rings (SSSR count). The predicted molar refractivity (Wildman–Crippen MR) is 138 cm³/mol. The zero-order valence-electron chi connectivity index (χ0n) is 18.8. The Bertz CT molecular complexity index is 1450. The molecule has 1 aromatic carbocycles. The third-order valence-electron chi connectivity index (χ3n) is 4.93. The lowest BCUT2D eigenvalue weighted by Crippen LogP contribution is -2.08. The maximum Gasteiger partial charge on any atom is 0.247 e. The van der Waals surface area contributed by atoms with Crippen molar-refractivity contribution in [3.05, 3.63) is 63.6 Å². The molecule has 0 saturated heterocycles. The van der Waals surface area contributed by atoms with E-state index in [1.807, 2.05) is 6.07 Å². The molecule has 0 aliphatic carbocycles. The number of aryl methyl sites for hydroxylation is 1. The molecule has 0 bridgehead atoms. The van der Waals surface area contributed by atoms with Gasteiger partial charge in [-0.3, -0.25) is 14.3 Å². The second-order valence-electron chi connectivity index (χ2n) is 7.20. The number of benzene rings is 1. The van der Waals surface area contributed by atoms with Crippen molar-refractivity contribution in [3.8, 4) is 11.5 Å². The lowest BCUT2D eigenvalue weighted by atomic mass is 10.1. The molecule has 4 aromatic rings. The number of thiophene rings is 1. The first-order valence-corrected chi connectivity index (χ1v) is 11.6. The van der Waals surface area contributed by atoms with Gasteiger partial charge in [0.15, 0.2) is 5.82 Å². The van der Waals surface area contributed by atoms with Crippen LogP contribution in [0, 0.1) is 0 Å². The normalized spacial score (nSPS) is 10.8. The number of ketones is 1. The largest absolute Gasteiger partial charge is 0.495 e. The van der Waals surface area contributed by atoms with Crippen molar-refractivity contribution < 1.29 is 19.1 Å². The second-order valence-corrected chi connectivity index (χ2v) is 8.98. The number of hydrogen-bond acceptors (Lipinski definition) is 8. The van der Waals surface area contributed by atoms with Gasteiger partial charge in [-0.2, -0.15) is 5.10 Å². The first kappa shape index (κ1) is 24.5. The molecule has 0 fully saturated rings. The smallest absolute Gasteiger partial charge is 0.247 e. The van der Waals surface area contributed by atoms with E-state index in [0.717, 1.165) is 5.39 Å². The van der Waals surface area contributed by atoms with Gasteiger partial charge in [0.1, 0.15) is 27.8 Å². The third kappa shape index (κ3) is 4.81. The number of nitrogens with one attached hydrogen (secondary N) is 2. The van der Waals surface area contributed by atoms with Gasteiger partial charge < -0.3 is 20.1 Å². The van der Waals surface area contributed by atoms with Crippen molar-refractivity contribution in [3.63, 3.8) is 0 Å². The second kappa shape index (κ2) is 9.95. The van der Waals surface area contributed by atoms with E-state index in [1.54, 1.807) is 30.1 Å². The van der Waals surface area contributed by atoms with Crippen LogP contribution in [0.4, 0.5) is 17.3 Å². The number of methoxy groups -OCH3 is 2. The number of pyridine rings is 1. The van der Waals surface area contributed by atoms with Crippen molar-refractivity contribution in [2.24, 2.45) is 7.05 Å². The van der Waals surface area contributed by atoms with E-state index < -0.39 is 0 Å². The Morgan fingerprint density at radius 3 is 2.46 bits per heavy atom. The molecule has 35 heavy (non-hydrogen) atoms. The van der Waals surface area contributed by atoms with Gasteiger partial charge in [0, 0.05) is 18.5 Å². The van der Waals surface area contributed by atoms with E-state index in [2.05, 4.69) is 27.3 Å². The summed E-state index contributed by atoms with van der Waals surface area (Å²) in [7, 11) is 4.61. The van der Waals surface area contributed by atoms with Crippen molar-refractivity contribution in [1.29, 1.82) is 0 Å². The van der Waals surface area contributed by atoms with Gasteiger partial charge in [-0.15, -0.1) is 11.3 Å². The minimum absolute atomic E-state index is 0.0884. The van der Waals surface area contributed by atoms with E-state index in [-0.39, 0.29) is 38.8 Å². The molecule has 3 aromatic heterocycles. The number of anilines is 3. The van der Waals surface area contributed by atoms with E-state index in [0.29, 0.717) is 27.0 Å². The van der Waals surface area contributed by atoms with Crippen LogP contribution in [0.15, 0.2) is 43.1 Å². The SMILES string of the molecule is C=CC(=O)Nc1cn(C)nc1Nc1ccc2cc(C(=O)c3c(Cl)c(OC)cc(OC)c3Cl)sc2n1. The molecular formula is C23H19Cl2N5O4S. The van der Waals surface area contributed by atoms with Crippen LogP contribution in [-0.2, 0) is 11.8 Å². The standard InChI is InChI=1S/C23H19Cl2N5O4S/c1-5-17(31)26-12-10-30(2)29-22(12)27-16-7-6-11-8-15(35-23(11)28-16)21(32)18-19(24)13(33-3)9-14(34-4)20(18)25/h5-10H,1H2,2-4H3,(H,26,31)(H,27,28,29). The van der Waals surface area contributed by atoms with Gasteiger partial charge in [0.05, 0.1) is 40.9 Å². The van der Waals surface area contributed by atoms with Gasteiger partial charge in [0.2, 0.25) is 11.7 Å². The number of carbonyl (C=O) groups excluding carboxylic acids is 2. The molecule has 0 radical (unpaired) electrons. The maximum atomic E-state index is 13.4. The lowest BCUT2D eigenvalue weighted by molar-refractivity contribution is -0.111. The lowest BCUT2D eigenvalue weighted by Gasteiger charge is -2.13. The average Bonchev–Trinajstić information content (AvgIpc) is 3.41. The van der Waals surface area contributed by atoms with Crippen LogP contribution >= 0.6 is 34.5 Å². The Balaban J connectivity index is 1.68. The number of ether oxygens (including phenoxy) is 2. The third-order valence-corrected chi connectivity index (χ3v) is 6.72. The molecule has 1 amide bonds. The predicted octanol–water partition coefficient (Wildman–Crippen LogP) is 5.45. The van der Waals surface area contributed by atoms with Gasteiger partial charge in [-0.05, 0) is 24.3 Å². The van der Waals surface area contributed by atoms with E-state index in [4.69, 9.17) is 32.7 Å². The Morgan fingerprint density at radius 2 is 1.83 bits per heavy atom. The van der Waals surface area contributed by atoms with Crippen LogP contribution in [-0.4, -0.2) is 40.7 Å². The fraction of sp³-hybridized carbons (Fsp3) is 0.130. The van der Waals surface area contributed by atoms with Crippen LogP contribution in [0.3, 0.4) is 0 Å².